The first-order valence-corrected chi connectivity index (χ1v) is 6.45. The van der Waals surface area contributed by atoms with Gasteiger partial charge in [0, 0.05) is 6.92 Å². The summed E-state index contributed by atoms with van der Waals surface area (Å²) < 4.78 is 10.3. The van der Waals surface area contributed by atoms with Gasteiger partial charge in [0.25, 0.3) is 0 Å². The van der Waals surface area contributed by atoms with Crippen molar-refractivity contribution in [3.8, 4) is 0 Å². The minimum atomic E-state index is 0.696. The van der Waals surface area contributed by atoms with Crippen molar-refractivity contribution in [3.63, 3.8) is 0 Å². The molecular weight excluding hydrogens is 284 g/mol. The first-order chi connectivity index (χ1) is 7.93. The van der Waals surface area contributed by atoms with E-state index in [4.69, 9.17) is 8.83 Å². The molecule has 5 heteroatoms. The molecule has 0 saturated carbocycles. The molecule has 0 fully saturated rings. The van der Waals surface area contributed by atoms with Crippen molar-refractivity contribution in [2.45, 2.75) is 39.9 Å². The molecular formula is C12H17BrN2O2. The van der Waals surface area contributed by atoms with E-state index < -0.39 is 0 Å². The lowest BCUT2D eigenvalue weighted by atomic mass is 10.4. The molecule has 2 aromatic heterocycles. The normalized spacial score (nSPS) is 10.0. The van der Waals surface area contributed by atoms with Gasteiger partial charge in [-0.25, -0.2) is 9.97 Å². The van der Waals surface area contributed by atoms with Crippen LogP contribution in [0.5, 0.6) is 0 Å². The summed E-state index contributed by atoms with van der Waals surface area (Å²) in [4.78, 5) is 8.16. The largest absolute Gasteiger partial charge is 0.446 e. The Morgan fingerprint density at radius 2 is 1.41 bits per heavy atom. The van der Waals surface area contributed by atoms with Crippen LogP contribution in [-0.2, 0) is 5.33 Å². The van der Waals surface area contributed by atoms with Gasteiger partial charge in [0.15, 0.2) is 5.89 Å². The zero-order valence-corrected chi connectivity index (χ0v) is 12.4. The maximum atomic E-state index is 5.21. The van der Waals surface area contributed by atoms with Crippen molar-refractivity contribution >= 4 is 15.9 Å². The maximum Gasteiger partial charge on any atom is 0.205 e. The summed E-state index contributed by atoms with van der Waals surface area (Å²) in [5.74, 6) is 3.33. The molecule has 0 amide bonds. The van der Waals surface area contributed by atoms with Crippen LogP contribution in [0.15, 0.2) is 8.83 Å². The zero-order valence-electron chi connectivity index (χ0n) is 10.8. The average molecular weight is 301 g/mol. The van der Waals surface area contributed by atoms with Crippen LogP contribution in [0.3, 0.4) is 0 Å². The number of alkyl halides is 1. The van der Waals surface area contributed by atoms with E-state index >= 15 is 0 Å². The highest BCUT2D eigenvalue weighted by molar-refractivity contribution is 9.08. The third-order valence-corrected chi connectivity index (χ3v) is 2.80. The van der Waals surface area contributed by atoms with Crippen molar-refractivity contribution in [2.24, 2.45) is 0 Å². The second-order valence-corrected chi connectivity index (χ2v) is 4.32. The van der Waals surface area contributed by atoms with E-state index in [0.717, 1.165) is 34.7 Å². The minimum Gasteiger partial charge on any atom is -0.446 e. The maximum absolute atomic E-state index is 5.21. The van der Waals surface area contributed by atoms with E-state index in [1.165, 1.54) is 0 Å². The molecule has 0 aliphatic carbocycles. The highest BCUT2D eigenvalue weighted by atomic mass is 79.9. The topological polar surface area (TPSA) is 52.1 Å². The first kappa shape index (κ1) is 14.0. The third kappa shape index (κ3) is 4.00. The van der Waals surface area contributed by atoms with Crippen LogP contribution in [0, 0.1) is 34.6 Å². The van der Waals surface area contributed by atoms with E-state index in [1.807, 2.05) is 34.6 Å². The molecule has 2 heterocycles. The molecule has 0 radical (unpaired) electrons. The van der Waals surface area contributed by atoms with Gasteiger partial charge >= 0.3 is 0 Å². The van der Waals surface area contributed by atoms with Crippen LogP contribution >= 0.6 is 15.9 Å². The highest BCUT2D eigenvalue weighted by Gasteiger charge is 2.01. The van der Waals surface area contributed by atoms with Crippen LogP contribution in [0.25, 0.3) is 0 Å². The Hall–Kier alpha value is -1.10. The number of aromatic nitrogens is 2. The Balaban J connectivity index is 0.000000171. The van der Waals surface area contributed by atoms with Gasteiger partial charge in [-0.15, -0.1) is 0 Å². The third-order valence-electron chi connectivity index (χ3n) is 2.32. The Morgan fingerprint density at radius 1 is 0.882 bits per heavy atom. The smallest absolute Gasteiger partial charge is 0.205 e. The monoisotopic (exact) mass is 300 g/mol. The van der Waals surface area contributed by atoms with Gasteiger partial charge in [-0.05, 0) is 27.7 Å². The summed E-state index contributed by atoms with van der Waals surface area (Å²) in [6.45, 7) is 9.54. The Labute approximate surface area is 110 Å². The molecule has 17 heavy (non-hydrogen) atoms. The molecule has 0 N–H and O–H groups in total. The molecule has 0 saturated heterocycles. The van der Waals surface area contributed by atoms with Crippen LogP contribution in [0.1, 0.15) is 34.7 Å². The highest BCUT2D eigenvalue weighted by Crippen LogP contribution is 2.10. The molecule has 0 aromatic carbocycles. The van der Waals surface area contributed by atoms with Gasteiger partial charge in [0.05, 0.1) is 16.7 Å². The quantitative estimate of drug-likeness (QED) is 0.752. The molecule has 94 valence electrons. The number of nitrogens with zero attached hydrogens (tertiary/aromatic N) is 2. The van der Waals surface area contributed by atoms with Gasteiger partial charge < -0.3 is 8.83 Å². The molecule has 0 aliphatic heterocycles. The molecule has 0 unspecified atom stereocenters. The van der Waals surface area contributed by atoms with E-state index in [9.17, 15) is 0 Å². The first-order valence-electron chi connectivity index (χ1n) is 5.33. The molecule has 0 bridgehead atoms. The van der Waals surface area contributed by atoms with E-state index in [-0.39, 0.29) is 0 Å². The predicted molar refractivity (Wildman–Crippen MR) is 69.3 cm³/mol. The van der Waals surface area contributed by atoms with Crippen molar-refractivity contribution in [1.29, 1.82) is 0 Å². The molecule has 0 aliphatic rings. The van der Waals surface area contributed by atoms with Crippen LogP contribution in [0.2, 0.25) is 0 Å². The number of halogens is 1. The minimum absolute atomic E-state index is 0.696. The standard InChI is InChI=1S/C6H8BrNO.C6H9NO/c1-4-5(2)9-6(3-7)8-4;1-4-5(2)8-6(3)7-4/h3H2,1-2H3;1-3H3. The predicted octanol–water partition coefficient (Wildman–Crippen LogP) is 3.79. The van der Waals surface area contributed by atoms with Gasteiger partial charge in [-0.1, -0.05) is 15.9 Å². The number of oxazole rings is 2. The number of hydrogen-bond donors (Lipinski definition) is 0. The lowest BCUT2D eigenvalue weighted by Crippen LogP contribution is -1.74. The van der Waals surface area contributed by atoms with E-state index in [1.54, 1.807) is 0 Å². The molecule has 0 spiro atoms. The lowest BCUT2D eigenvalue weighted by Gasteiger charge is -1.79. The van der Waals surface area contributed by atoms with Crippen molar-refractivity contribution < 1.29 is 8.83 Å². The Kier molecular flexibility index (Phi) is 4.93. The van der Waals surface area contributed by atoms with Gasteiger partial charge in [0.1, 0.15) is 11.5 Å². The summed E-state index contributed by atoms with van der Waals surface area (Å²) in [5.41, 5.74) is 1.96. The van der Waals surface area contributed by atoms with Crippen LogP contribution in [-0.4, -0.2) is 9.97 Å². The molecule has 2 rings (SSSR count). The zero-order chi connectivity index (χ0) is 13.0. The summed E-state index contributed by atoms with van der Waals surface area (Å²) >= 11 is 3.25. The average Bonchev–Trinajstić information content (AvgIpc) is 2.72. The van der Waals surface area contributed by atoms with Gasteiger partial charge in [-0.2, -0.15) is 0 Å². The van der Waals surface area contributed by atoms with Crippen molar-refractivity contribution in [3.05, 3.63) is 34.7 Å². The summed E-state index contributed by atoms with van der Waals surface area (Å²) in [6, 6.07) is 0. The Morgan fingerprint density at radius 3 is 1.59 bits per heavy atom. The molecule has 4 nitrogen and oxygen atoms in total. The fourth-order valence-corrected chi connectivity index (χ4v) is 1.47. The van der Waals surface area contributed by atoms with Gasteiger partial charge in [0.2, 0.25) is 5.89 Å². The van der Waals surface area contributed by atoms with Crippen LogP contribution in [0.4, 0.5) is 0 Å². The fraction of sp³-hybridized carbons (Fsp3) is 0.500. The van der Waals surface area contributed by atoms with Crippen molar-refractivity contribution in [1.82, 2.24) is 9.97 Å². The van der Waals surface area contributed by atoms with Crippen LogP contribution < -0.4 is 0 Å². The van der Waals surface area contributed by atoms with Crippen molar-refractivity contribution in [2.75, 3.05) is 0 Å². The summed E-state index contributed by atoms with van der Waals surface area (Å²) in [6.07, 6.45) is 0. The molecule has 0 atom stereocenters. The fourth-order valence-electron chi connectivity index (χ4n) is 1.23. The number of aryl methyl sites for hydroxylation is 5. The van der Waals surface area contributed by atoms with E-state index in [2.05, 4.69) is 25.9 Å². The number of hydrogen-bond acceptors (Lipinski definition) is 4. The summed E-state index contributed by atoms with van der Waals surface area (Å²) in [7, 11) is 0. The number of rotatable bonds is 1. The molecule has 2 aromatic rings. The van der Waals surface area contributed by atoms with E-state index in [0.29, 0.717) is 5.33 Å². The second kappa shape index (κ2) is 6.00. The lowest BCUT2D eigenvalue weighted by molar-refractivity contribution is 0.490. The SMILES string of the molecule is Cc1nc(C)c(C)o1.Cc1nc(CBr)oc1C. The Bertz CT molecular complexity index is 450. The van der Waals surface area contributed by atoms with Gasteiger partial charge in [-0.3, -0.25) is 0 Å². The second-order valence-electron chi connectivity index (χ2n) is 3.76. The summed E-state index contributed by atoms with van der Waals surface area (Å²) in [5, 5.41) is 0.696.